The molecule has 0 spiro atoms. The molecule has 2 rings (SSSR count). The van der Waals surface area contributed by atoms with Gasteiger partial charge >= 0.3 is 0 Å². The average molecular weight is 226 g/mol. The van der Waals surface area contributed by atoms with E-state index in [4.69, 9.17) is 0 Å². The first-order chi connectivity index (χ1) is 7.25. The van der Waals surface area contributed by atoms with Gasteiger partial charge in [0, 0.05) is 19.6 Å². The maximum Gasteiger partial charge on any atom is 0.208 e. The minimum absolute atomic E-state index is 0.618. The molecule has 0 saturated carbocycles. The monoisotopic (exact) mass is 226 g/mol. The number of nitrogens with one attached hydrogen (secondary N) is 1. The van der Waals surface area contributed by atoms with Crippen molar-refractivity contribution < 1.29 is 0 Å². The Morgan fingerprint density at radius 1 is 1.47 bits per heavy atom. The molecule has 1 fully saturated rings. The lowest BCUT2D eigenvalue weighted by Gasteiger charge is -2.27. The summed E-state index contributed by atoms with van der Waals surface area (Å²) in [7, 11) is 2.09. The number of piperidine rings is 1. The number of aromatic nitrogens is 2. The summed E-state index contributed by atoms with van der Waals surface area (Å²) < 4.78 is 0. The van der Waals surface area contributed by atoms with Gasteiger partial charge in [-0.05, 0) is 26.3 Å². The fourth-order valence-electron chi connectivity index (χ4n) is 1.93. The molecule has 1 N–H and O–H groups in total. The van der Waals surface area contributed by atoms with E-state index in [1.54, 1.807) is 11.3 Å². The van der Waals surface area contributed by atoms with Gasteiger partial charge in [-0.25, -0.2) is 0 Å². The normalized spacial score (nSPS) is 21.6. The van der Waals surface area contributed by atoms with Crippen LogP contribution in [0, 0.1) is 6.92 Å². The molecule has 1 aliphatic rings. The highest BCUT2D eigenvalue weighted by Gasteiger charge is 2.16. The van der Waals surface area contributed by atoms with Crippen LogP contribution in [0.1, 0.15) is 24.3 Å². The van der Waals surface area contributed by atoms with Gasteiger partial charge in [0.2, 0.25) is 5.13 Å². The molecule has 84 valence electrons. The van der Waals surface area contributed by atoms with Crippen LogP contribution >= 0.6 is 11.3 Å². The number of aryl methyl sites for hydroxylation is 1. The Kier molecular flexibility index (Phi) is 3.53. The van der Waals surface area contributed by atoms with Crippen molar-refractivity contribution in [1.82, 2.24) is 15.5 Å². The lowest BCUT2D eigenvalue weighted by atomic mass is 10.1. The molecule has 0 amide bonds. The fraction of sp³-hybridized carbons (Fsp3) is 0.800. The first kappa shape index (κ1) is 10.8. The van der Waals surface area contributed by atoms with Crippen molar-refractivity contribution in [1.29, 1.82) is 0 Å². The summed E-state index contributed by atoms with van der Waals surface area (Å²) in [5.74, 6) is 0. The van der Waals surface area contributed by atoms with Crippen LogP contribution in [0.15, 0.2) is 0 Å². The largest absolute Gasteiger partial charge is 0.348 e. The molecule has 1 atom stereocenters. The Morgan fingerprint density at radius 3 is 2.93 bits per heavy atom. The summed E-state index contributed by atoms with van der Waals surface area (Å²) in [5.41, 5.74) is 0. The molecular weight excluding hydrogens is 208 g/mol. The number of nitrogens with zero attached hydrogens (tertiary/aromatic N) is 3. The molecule has 1 saturated heterocycles. The van der Waals surface area contributed by atoms with Gasteiger partial charge in [0.1, 0.15) is 5.01 Å². The Bertz CT molecular complexity index is 306. The topological polar surface area (TPSA) is 41.1 Å². The van der Waals surface area contributed by atoms with Crippen molar-refractivity contribution in [2.75, 3.05) is 25.0 Å². The van der Waals surface area contributed by atoms with Crippen molar-refractivity contribution in [3.63, 3.8) is 0 Å². The van der Waals surface area contributed by atoms with Crippen LogP contribution in [0.3, 0.4) is 0 Å². The highest BCUT2D eigenvalue weighted by molar-refractivity contribution is 7.15. The second kappa shape index (κ2) is 4.90. The zero-order chi connectivity index (χ0) is 10.7. The third-order valence-corrected chi connectivity index (χ3v) is 3.70. The van der Waals surface area contributed by atoms with Crippen LogP contribution < -0.4 is 10.2 Å². The SMILES string of the molecule is Cc1nnc(N(C)CC2CCCCN2)s1. The molecule has 0 bridgehead atoms. The van der Waals surface area contributed by atoms with Crippen LogP contribution in [0.4, 0.5) is 5.13 Å². The van der Waals surface area contributed by atoms with Crippen molar-refractivity contribution in [2.45, 2.75) is 32.2 Å². The Morgan fingerprint density at radius 2 is 2.33 bits per heavy atom. The number of hydrogen-bond donors (Lipinski definition) is 1. The smallest absolute Gasteiger partial charge is 0.208 e. The highest BCUT2D eigenvalue weighted by atomic mass is 32.1. The number of rotatable bonds is 3. The molecule has 1 aromatic rings. The van der Waals surface area contributed by atoms with Gasteiger partial charge in [0.15, 0.2) is 0 Å². The third kappa shape index (κ3) is 2.89. The quantitative estimate of drug-likeness (QED) is 0.846. The van der Waals surface area contributed by atoms with E-state index < -0.39 is 0 Å². The minimum Gasteiger partial charge on any atom is -0.348 e. The second-order valence-electron chi connectivity index (χ2n) is 4.13. The van der Waals surface area contributed by atoms with E-state index in [1.165, 1.54) is 19.3 Å². The molecule has 1 aromatic heterocycles. The van der Waals surface area contributed by atoms with E-state index >= 15 is 0 Å². The van der Waals surface area contributed by atoms with Crippen molar-refractivity contribution >= 4 is 16.5 Å². The van der Waals surface area contributed by atoms with Crippen molar-refractivity contribution in [3.05, 3.63) is 5.01 Å². The van der Waals surface area contributed by atoms with Gasteiger partial charge < -0.3 is 10.2 Å². The molecular formula is C10H18N4S. The predicted octanol–water partition coefficient (Wildman–Crippen LogP) is 1.42. The average Bonchev–Trinajstić information content (AvgIpc) is 2.66. The van der Waals surface area contributed by atoms with Crippen LogP contribution in [-0.4, -0.2) is 36.4 Å². The molecule has 15 heavy (non-hydrogen) atoms. The van der Waals surface area contributed by atoms with Gasteiger partial charge in [0.05, 0.1) is 0 Å². The Labute approximate surface area is 94.7 Å². The first-order valence-corrected chi connectivity index (χ1v) is 6.32. The summed E-state index contributed by atoms with van der Waals surface area (Å²) in [5, 5.41) is 13.8. The standard InChI is InChI=1S/C10H18N4S/c1-8-12-13-10(15-8)14(2)7-9-5-3-4-6-11-9/h9,11H,3-7H2,1-2H3. The van der Waals surface area contributed by atoms with E-state index in [1.807, 2.05) is 6.92 Å². The molecule has 0 aliphatic carbocycles. The van der Waals surface area contributed by atoms with Gasteiger partial charge in [-0.1, -0.05) is 17.8 Å². The predicted molar refractivity (Wildman–Crippen MR) is 63.6 cm³/mol. The van der Waals surface area contributed by atoms with E-state index in [0.717, 1.165) is 23.2 Å². The summed E-state index contributed by atoms with van der Waals surface area (Å²) in [6.07, 6.45) is 3.95. The second-order valence-corrected chi connectivity index (χ2v) is 5.29. The van der Waals surface area contributed by atoms with Crippen molar-refractivity contribution in [2.24, 2.45) is 0 Å². The van der Waals surface area contributed by atoms with E-state index in [0.29, 0.717) is 6.04 Å². The summed E-state index contributed by atoms with van der Waals surface area (Å²) >= 11 is 1.66. The number of anilines is 1. The molecule has 0 aromatic carbocycles. The molecule has 5 heteroatoms. The van der Waals surface area contributed by atoms with Gasteiger partial charge in [-0.15, -0.1) is 10.2 Å². The van der Waals surface area contributed by atoms with Crippen LogP contribution in [0.5, 0.6) is 0 Å². The van der Waals surface area contributed by atoms with Crippen molar-refractivity contribution in [3.8, 4) is 0 Å². The van der Waals surface area contributed by atoms with Gasteiger partial charge in [-0.2, -0.15) is 0 Å². The van der Waals surface area contributed by atoms with Crippen LogP contribution in [0.2, 0.25) is 0 Å². The lowest BCUT2D eigenvalue weighted by molar-refractivity contribution is 0.403. The zero-order valence-electron chi connectivity index (χ0n) is 9.36. The zero-order valence-corrected chi connectivity index (χ0v) is 10.2. The molecule has 4 nitrogen and oxygen atoms in total. The van der Waals surface area contributed by atoms with Crippen LogP contribution in [0.25, 0.3) is 0 Å². The maximum atomic E-state index is 4.15. The van der Waals surface area contributed by atoms with E-state index in [-0.39, 0.29) is 0 Å². The van der Waals surface area contributed by atoms with Gasteiger partial charge in [-0.3, -0.25) is 0 Å². The molecule has 0 radical (unpaired) electrons. The summed E-state index contributed by atoms with van der Waals surface area (Å²) in [6, 6.07) is 0.618. The lowest BCUT2D eigenvalue weighted by Crippen LogP contribution is -2.42. The molecule has 1 aliphatic heterocycles. The number of hydrogen-bond acceptors (Lipinski definition) is 5. The highest BCUT2D eigenvalue weighted by Crippen LogP contribution is 2.19. The van der Waals surface area contributed by atoms with E-state index in [2.05, 4.69) is 27.5 Å². The summed E-state index contributed by atoms with van der Waals surface area (Å²) in [4.78, 5) is 2.20. The van der Waals surface area contributed by atoms with Gasteiger partial charge in [0.25, 0.3) is 0 Å². The van der Waals surface area contributed by atoms with E-state index in [9.17, 15) is 0 Å². The fourth-order valence-corrected chi connectivity index (χ4v) is 2.59. The summed E-state index contributed by atoms with van der Waals surface area (Å²) in [6.45, 7) is 4.19. The maximum absolute atomic E-state index is 4.15. The minimum atomic E-state index is 0.618. The number of likely N-dealkylation sites (N-methyl/N-ethyl adjacent to an activating group) is 1. The third-order valence-electron chi connectivity index (χ3n) is 2.75. The molecule has 2 heterocycles. The Hall–Kier alpha value is -0.680. The van der Waals surface area contributed by atoms with Crippen LogP contribution in [-0.2, 0) is 0 Å². The first-order valence-electron chi connectivity index (χ1n) is 5.50. The Balaban J connectivity index is 1.88. The molecule has 1 unspecified atom stereocenters.